The summed E-state index contributed by atoms with van der Waals surface area (Å²) in [5.41, 5.74) is 2.41. The van der Waals surface area contributed by atoms with Crippen molar-refractivity contribution in [1.29, 1.82) is 0 Å². The van der Waals surface area contributed by atoms with Crippen LogP contribution in [0.2, 0.25) is 0 Å². The number of nitrogens with zero attached hydrogens (tertiary/aromatic N) is 2. The highest BCUT2D eigenvalue weighted by Crippen LogP contribution is 2.17. The molecule has 0 aliphatic rings. The van der Waals surface area contributed by atoms with E-state index in [-0.39, 0.29) is 11.8 Å². The molecule has 6 nitrogen and oxygen atoms in total. The van der Waals surface area contributed by atoms with Crippen LogP contribution < -0.4 is 10.2 Å². The summed E-state index contributed by atoms with van der Waals surface area (Å²) in [7, 11) is 0. The van der Waals surface area contributed by atoms with E-state index in [4.69, 9.17) is 0 Å². The van der Waals surface area contributed by atoms with Gasteiger partial charge < -0.3 is 10.2 Å². The number of carbonyl (C=O) groups excluding carboxylic acids is 2. The van der Waals surface area contributed by atoms with E-state index >= 15 is 0 Å². The number of H-pyrrole nitrogens is 1. The molecule has 0 aliphatic heterocycles. The fourth-order valence-electron chi connectivity index (χ4n) is 2.67. The summed E-state index contributed by atoms with van der Waals surface area (Å²) in [6.45, 7) is 2.22. The Labute approximate surface area is 151 Å². The van der Waals surface area contributed by atoms with E-state index < -0.39 is 0 Å². The number of hydrogen-bond acceptors (Lipinski definition) is 3. The van der Waals surface area contributed by atoms with Crippen LogP contribution in [-0.4, -0.2) is 35.1 Å². The molecule has 2 aromatic carbocycles. The third-order valence-corrected chi connectivity index (χ3v) is 3.93. The maximum absolute atomic E-state index is 12.7. The van der Waals surface area contributed by atoms with Crippen molar-refractivity contribution in [2.45, 2.75) is 6.92 Å². The molecule has 3 aromatic rings. The number of hydrogen-bond donors (Lipinski definition) is 2. The van der Waals surface area contributed by atoms with E-state index in [2.05, 4.69) is 15.5 Å². The predicted octanol–water partition coefficient (Wildman–Crippen LogP) is 2.75. The highest BCUT2D eigenvalue weighted by Gasteiger charge is 2.13. The number of rotatable bonds is 6. The summed E-state index contributed by atoms with van der Waals surface area (Å²) in [4.78, 5) is 25.5. The van der Waals surface area contributed by atoms with Crippen LogP contribution >= 0.6 is 0 Å². The molecule has 2 N–H and O–H groups in total. The van der Waals surface area contributed by atoms with Gasteiger partial charge in [0.15, 0.2) is 0 Å². The first kappa shape index (κ1) is 17.4. The third-order valence-electron chi connectivity index (χ3n) is 3.93. The van der Waals surface area contributed by atoms with Crippen molar-refractivity contribution in [2.24, 2.45) is 0 Å². The average Bonchev–Trinajstić information content (AvgIpc) is 3.07. The minimum Gasteiger partial charge on any atom is -0.355 e. The van der Waals surface area contributed by atoms with Gasteiger partial charge in [-0.15, -0.1) is 0 Å². The second kappa shape index (κ2) is 8.11. The molecule has 0 unspecified atom stereocenters. The van der Waals surface area contributed by atoms with Gasteiger partial charge in [-0.1, -0.05) is 36.4 Å². The van der Waals surface area contributed by atoms with Gasteiger partial charge in [-0.05, 0) is 24.3 Å². The Hall–Kier alpha value is -3.41. The Bertz CT molecular complexity index is 931. The van der Waals surface area contributed by atoms with Crippen molar-refractivity contribution in [1.82, 2.24) is 15.5 Å². The molecule has 6 heteroatoms. The second-order valence-electron chi connectivity index (χ2n) is 5.80. The summed E-state index contributed by atoms with van der Waals surface area (Å²) in [6.07, 6.45) is 3.21. The molecule has 0 saturated carbocycles. The number of benzene rings is 2. The zero-order valence-corrected chi connectivity index (χ0v) is 14.5. The molecule has 0 bridgehead atoms. The van der Waals surface area contributed by atoms with Crippen LogP contribution in [0.4, 0.5) is 5.69 Å². The molecule has 0 atom stereocenters. The molecule has 2 amide bonds. The number of anilines is 1. The Morgan fingerprint density at radius 3 is 2.62 bits per heavy atom. The first-order chi connectivity index (χ1) is 12.6. The fourth-order valence-corrected chi connectivity index (χ4v) is 2.67. The number of fused-ring (bicyclic) bond motifs is 1. The van der Waals surface area contributed by atoms with Crippen LogP contribution in [-0.2, 0) is 9.59 Å². The van der Waals surface area contributed by atoms with Crippen LogP contribution in [0.15, 0.2) is 60.7 Å². The lowest BCUT2D eigenvalue weighted by atomic mass is 10.2. The van der Waals surface area contributed by atoms with E-state index in [1.165, 1.54) is 13.0 Å². The standard InChI is InChI=1S/C20H20N4O2/c1-15(25)21-13-14-24(16-7-3-2-4-8-16)20(26)12-11-19-17-9-5-6-10-18(17)22-23-19/h2-12H,13-14H2,1H3,(H,21,25)(H,22,23). The summed E-state index contributed by atoms with van der Waals surface area (Å²) in [6, 6.07) is 17.1. The maximum atomic E-state index is 12.7. The van der Waals surface area contributed by atoms with Gasteiger partial charge in [-0.25, -0.2) is 0 Å². The number of nitrogens with one attached hydrogen (secondary N) is 2. The Morgan fingerprint density at radius 2 is 1.85 bits per heavy atom. The molecule has 1 heterocycles. The van der Waals surface area contributed by atoms with Crippen LogP contribution in [0.5, 0.6) is 0 Å². The van der Waals surface area contributed by atoms with Crippen molar-refractivity contribution < 1.29 is 9.59 Å². The molecule has 26 heavy (non-hydrogen) atoms. The van der Waals surface area contributed by atoms with Gasteiger partial charge in [0.25, 0.3) is 5.91 Å². The van der Waals surface area contributed by atoms with Gasteiger partial charge in [-0.2, -0.15) is 5.10 Å². The lowest BCUT2D eigenvalue weighted by molar-refractivity contribution is -0.119. The maximum Gasteiger partial charge on any atom is 0.251 e. The van der Waals surface area contributed by atoms with Crippen molar-refractivity contribution in [3.63, 3.8) is 0 Å². The van der Waals surface area contributed by atoms with Gasteiger partial charge in [-0.3, -0.25) is 14.7 Å². The highest BCUT2D eigenvalue weighted by molar-refractivity contribution is 6.04. The van der Waals surface area contributed by atoms with E-state index in [1.807, 2.05) is 54.6 Å². The largest absolute Gasteiger partial charge is 0.355 e. The topological polar surface area (TPSA) is 78.1 Å². The Kier molecular flexibility index (Phi) is 5.43. The molecule has 0 aliphatic carbocycles. The van der Waals surface area contributed by atoms with Gasteiger partial charge in [0.05, 0.1) is 11.2 Å². The molecule has 132 valence electrons. The van der Waals surface area contributed by atoms with Crippen LogP contribution in [0.25, 0.3) is 17.0 Å². The third kappa shape index (κ3) is 4.16. The number of carbonyl (C=O) groups is 2. The molecular weight excluding hydrogens is 328 g/mol. The molecule has 0 fully saturated rings. The predicted molar refractivity (Wildman–Crippen MR) is 103 cm³/mol. The first-order valence-corrected chi connectivity index (χ1v) is 8.37. The zero-order chi connectivity index (χ0) is 18.4. The number of aromatic amines is 1. The normalized spacial score (nSPS) is 11.0. The minimum atomic E-state index is -0.173. The Balaban J connectivity index is 1.79. The average molecular weight is 348 g/mol. The second-order valence-corrected chi connectivity index (χ2v) is 5.80. The summed E-state index contributed by atoms with van der Waals surface area (Å²) < 4.78 is 0. The number of aromatic nitrogens is 2. The van der Waals surface area contributed by atoms with Crippen LogP contribution in [0, 0.1) is 0 Å². The molecule has 0 radical (unpaired) electrons. The van der Waals surface area contributed by atoms with Gasteiger partial charge >= 0.3 is 0 Å². The Morgan fingerprint density at radius 1 is 1.12 bits per heavy atom. The first-order valence-electron chi connectivity index (χ1n) is 8.37. The molecule has 3 rings (SSSR count). The quantitative estimate of drug-likeness (QED) is 0.673. The van der Waals surface area contributed by atoms with Crippen LogP contribution in [0.3, 0.4) is 0 Å². The lowest BCUT2D eigenvalue weighted by Crippen LogP contribution is -2.37. The van der Waals surface area contributed by atoms with E-state index in [1.54, 1.807) is 11.0 Å². The van der Waals surface area contributed by atoms with E-state index in [0.717, 1.165) is 16.6 Å². The van der Waals surface area contributed by atoms with Gasteiger partial charge in [0, 0.05) is 37.2 Å². The zero-order valence-electron chi connectivity index (χ0n) is 14.5. The molecule has 0 saturated heterocycles. The van der Waals surface area contributed by atoms with Crippen LogP contribution in [0.1, 0.15) is 12.6 Å². The molecule has 0 spiro atoms. The molecule has 1 aromatic heterocycles. The summed E-state index contributed by atoms with van der Waals surface area (Å²) in [5, 5.41) is 10.9. The van der Waals surface area contributed by atoms with Gasteiger partial charge in [0.2, 0.25) is 5.91 Å². The fraction of sp³-hybridized carbons (Fsp3) is 0.150. The molecular formula is C20H20N4O2. The smallest absolute Gasteiger partial charge is 0.251 e. The van der Waals surface area contributed by atoms with Crippen molar-refractivity contribution in [2.75, 3.05) is 18.0 Å². The summed E-state index contributed by atoms with van der Waals surface area (Å²) in [5.74, 6) is -0.294. The van der Waals surface area contributed by atoms with Crippen molar-refractivity contribution in [3.05, 3.63) is 66.4 Å². The number of para-hydroxylation sites is 2. The van der Waals surface area contributed by atoms with E-state index in [9.17, 15) is 9.59 Å². The van der Waals surface area contributed by atoms with E-state index in [0.29, 0.717) is 18.8 Å². The summed E-state index contributed by atoms with van der Waals surface area (Å²) >= 11 is 0. The van der Waals surface area contributed by atoms with Crippen molar-refractivity contribution >= 4 is 34.5 Å². The SMILES string of the molecule is CC(=O)NCCN(C(=O)C=Cc1n[nH]c2ccccc12)c1ccccc1. The minimum absolute atomic E-state index is 0.121. The highest BCUT2D eigenvalue weighted by atomic mass is 16.2. The monoisotopic (exact) mass is 348 g/mol. The lowest BCUT2D eigenvalue weighted by Gasteiger charge is -2.21. The van der Waals surface area contributed by atoms with Gasteiger partial charge in [0.1, 0.15) is 0 Å². The number of amides is 2. The van der Waals surface area contributed by atoms with Crippen molar-refractivity contribution in [3.8, 4) is 0 Å².